The fourth-order valence-corrected chi connectivity index (χ4v) is 1.20. The lowest BCUT2D eigenvalue weighted by atomic mass is 10.3. The second-order valence-corrected chi connectivity index (χ2v) is 3.27. The van der Waals surface area contributed by atoms with Crippen LogP contribution < -0.4 is 4.74 Å². The van der Waals surface area contributed by atoms with Gasteiger partial charge in [0.1, 0.15) is 5.75 Å². The maximum Gasteiger partial charge on any atom is 0.290 e. The number of hydrogen-bond donors (Lipinski definition) is 0. The van der Waals surface area contributed by atoms with Crippen molar-refractivity contribution in [3.63, 3.8) is 0 Å². The van der Waals surface area contributed by atoms with Crippen molar-refractivity contribution in [1.29, 1.82) is 0 Å². The maximum absolute atomic E-state index is 10.4. The predicted octanol–water partition coefficient (Wildman–Crippen LogP) is 3.54. The van der Waals surface area contributed by atoms with Crippen LogP contribution in [0.15, 0.2) is 40.8 Å². The second-order valence-electron chi connectivity index (χ2n) is 2.83. The van der Waals surface area contributed by atoms with Crippen LogP contribution in [-0.4, -0.2) is 6.29 Å². The van der Waals surface area contributed by atoms with E-state index in [1.54, 1.807) is 30.3 Å². The summed E-state index contributed by atoms with van der Waals surface area (Å²) >= 11 is 5.72. The average molecular weight is 223 g/mol. The molecule has 0 spiro atoms. The Hall–Kier alpha value is -1.74. The zero-order valence-corrected chi connectivity index (χ0v) is 8.40. The summed E-state index contributed by atoms with van der Waals surface area (Å²) in [4.78, 5) is 10.4. The first-order chi connectivity index (χ1) is 7.28. The van der Waals surface area contributed by atoms with Crippen LogP contribution in [0.3, 0.4) is 0 Å². The van der Waals surface area contributed by atoms with Crippen LogP contribution in [0.4, 0.5) is 0 Å². The minimum atomic E-state index is 0.235. The Bertz CT molecular complexity index is 459. The highest BCUT2D eigenvalue weighted by Crippen LogP contribution is 2.24. The van der Waals surface area contributed by atoms with Crippen molar-refractivity contribution < 1.29 is 13.9 Å². The Morgan fingerprint density at radius 1 is 1.13 bits per heavy atom. The highest BCUT2D eigenvalue weighted by atomic mass is 35.5. The van der Waals surface area contributed by atoms with Crippen molar-refractivity contribution in [3.05, 3.63) is 47.2 Å². The highest BCUT2D eigenvalue weighted by molar-refractivity contribution is 6.30. The lowest BCUT2D eigenvalue weighted by molar-refractivity contribution is 0.109. The number of carbonyl (C=O) groups is 1. The number of hydrogen-bond acceptors (Lipinski definition) is 3. The molecule has 3 nitrogen and oxygen atoms in total. The Morgan fingerprint density at radius 3 is 2.47 bits per heavy atom. The molecule has 0 fully saturated rings. The van der Waals surface area contributed by atoms with Crippen LogP contribution in [0.1, 0.15) is 10.6 Å². The lowest BCUT2D eigenvalue weighted by Crippen LogP contribution is -1.80. The molecule has 15 heavy (non-hydrogen) atoms. The van der Waals surface area contributed by atoms with Crippen molar-refractivity contribution in [2.45, 2.75) is 0 Å². The third-order valence-electron chi connectivity index (χ3n) is 1.75. The van der Waals surface area contributed by atoms with E-state index in [0.29, 0.717) is 17.1 Å². The quantitative estimate of drug-likeness (QED) is 0.746. The normalized spacial score (nSPS) is 9.93. The first kappa shape index (κ1) is 9.80. The lowest BCUT2D eigenvalue weighted by Gasteiger charge is -2.00. The van der Waals surface area contributed by atoms with E-state index in [-0.39, 0.29) is 11.7 Å². The predicted molar refractivity (Wildman–Crippen MR) is 55.6 cm³/mol. The topological polar surface area (TPSA) is 39.4 Å². The van der Waals surface area contributed by atoms with E-state index >= 15 is 0 Å². The molecule has 0 aliphatic carbocycles. The molecule has 0 amide bonds. The van der Waals surface area contributed by atoms with Gasteiger partial charge in [-0.25, -0.2) is 0 Å². The number of furan rings is 1. The summed E-state index contributed by atoms with van der Waals surface area (Å²) in [5.41, 5.74) is 0. The molecule has 0 saturated carbocycles. The maximum atomic E-state index is 10.4. The molecule has 0 N–H and O–H groups in total. The summed E-state index contributed by atoms with van der Waals surface area (Å²) in [6, 6.07) is 9.97. The van der Waals surface area contributed by atoms with Crippen LogP contribution >= 0.6 is 11.6 Å². The van der Waals surface area contributed by atoms with E-state index in [2.05, 4.69) is 0 Å². The first-order valence-corrected chi connectivity index (χ1v) is 4.64. The molecule has 0 radical (unpaired) electrons. The number of carbonyl (C=O) groups excluding carboxylic acids is 1. The van der Waals surface area contributed by atoms with Gasteiger partial charge in [0, 0.05) is 11.1 Å². The fourth-order valence-electron chi connectivity index (χ4n) is 1.07. The average Bonchev–Trinajstić information content (AvgIpc) is 2.69. The van der Waals surface area contributed by atoms with Gasteiger partial charge >= 0.3 is 0 Å². The van der Waals surface area contributed by atoms with Gasteiger partial charge in [0.15, 0.2) is 12.0 Å². The number of rotatable bonds is 3. The van der Waals surface area contributed by atoms with Gasteiger partial charge in [-0.1, -0.05) is 11.6 Å². The van der Waals surface area contributed by atoms with Crippen LogP contribution in [0, 0.1) is 0 Å². The number of aldehydes is 1. The molecule has 0 unspecified atom stereocenters. The summed E-state index contributed by atoms with van der Waals surface area (Å²) in [5.74, 6) is 1.12. The van der Waals surface area contributed by atoms with Gasteiger partial charge in [0.25, 0.3) is 5.95 Å². The van der Waals surface area contributed by atoms with Crippen LogP contribution in [0.2, 0.25) is 5.02 Å². The molecule has 0 aliphatic heterocycles. The van der Waals surface area contributed by atoms with E-state index < -0.39 is 0 Å². The molecule has 2 aromatic rings. The second kappa shape index (κ2) is 4.19. The fraction of sp³-hybridized carbons (Fsp3) is 0. The minimum Gasteiger partial charge on any atom is -0.426 e. The van der Waals surface area contributed by atoms with E-state index in [1.807, 2.05) is 0 Å². The summed E-state index contributed by atoms with van der Waals surface area (Å²) in [7, 11) is 0. The van der Waals surface area contributed by atoms with E-state index in [4.69, 9.17) is 20.8 Å². The van der Waals surface area contributed by atoms with Crippen molar-refractivity contribution in [2.75, 3.05) is 0 Å². The standard InChI is InChI=1S/C11H7ClO3/c12-8-1-3-9(4-2-8)14-11-6-5-10(7-13)15-11/h1-7H. The monoisotopic (exact) mass is 222 g/mol. The molecule has 1 aromatic carbocycles. The van der Waals surface area contributed by atoms with E-state index in [9.17, 15) is 4.79 Å². The SMILES string of the molecule is O=Cc1ccc(Oc2ccc(Cl)cc2)o1. The van der Waals surface area contributed by atoms with Crippen molar-refractivity contribution in [2.24, 2.45) is 0 Å². The number of ether oxygens (including phenoxy) is 1. The summed E-state index contributed by atoms with van der Waals surface area (Å²) in [5, 5.41) is 0.635. The van der Waals surface area contributed by atoms with Gasteiger partial charge in [-0.3, -0.25) is 4.79 Å². The molecule has 0 saturated heterocycles. The Balaban J connectivity index is 2.14. The van der Waals surface area contributed by atoms with Gasteiger partial charge in [-0.05, 0) is 30.3 Å². The van der Waals surface area contributed by atoms with Crippen LogP contribution in [0.25, 0.3) is 0 Å². The minimum absolute atomic E-state index is 0.235. The Kier molecular flexibility index (Phi) is 2.74. The largest absolute Gasteiger partial charge is 0.426 e. The van der Waals surface area contributed by atoms with Gasteiger partial charge in [-0.15, -0.1) is 0 Å². The number of benzene rings is 1. The summed E-state index contributed by atoms with van der Waals surface area (Å²) < 4.78 is 10.4. The molecule has 4 heteroatoms. The van der Waals surface area contributed by atoms with Gasteiger partial charge in [0.05, 0.1) is 0 Å². The third kappa shape index (κ3) is 2.39. The zero-order valence-electron chi connectivity index (χ0n) is 7.64. The molecule has 1 aromatic heterocycles. The van der Waals surface area contributed by atoms with E-state index in [0.717, 1.165) is 0 Å². The van der Waals surface area contributed by atoms with Crippen molar-refractivity contribution in [3.8, 4) is 11.7 Å². The molecule has 76 valence electrons. The van der Waals surface area contributed by atoms with Crippen LogP contribution in [-0.2, 0) is 0 Å². The van der Waals surface area contributed by atoms with Gasteiger partial charge in [0.2, 0.25) is 0 Å². The Labute approximate surface area is 91.2 Å². The van der Waals surface area contributed by atoms with Crippen molar-refractivity contribution >= 4 is 17.9 Å². The van der Waals surface area contributed by atoms with E-state index in [1.165, 1.54) is 6.07 Å². The Morgan fingerprint density at radius 2 is 1.87 bits per heavy atom. The molecule has 1 heterocycles. The first-order valence-electron chi connectivity index (χ1n) is 4.26. The third-order valence-corrected chi connectivity index (χ3v) is 2.00. The summed E-state index contributed by atoms with van der Waals surface area (Å²) in [6.45, 7) is 0. The van der Waals surface area contributed by atoms with Crippen molar-refractivity contribution in [1.82, 2.24) is 0 Å². The molecule has 0 atom stereocenters. The zero-order chi connectivity index (χ0) is 10.7. The highest BCUT2D eigenvalue weighted by Gasteiger charge is 2.02. The molecule has 0 aliphatic rings. The molecular formula is C11H7ClO3. The van der Waals surface area contributed by atoms with Gasteiger partial charge in [-0.2, -0.15) is 0 Å². The molecule has 0 bridgehead atoms. The molecule has 2 rings (SSSR count). The van der Waals surface area contributed by atoms with Gasteiger partial charge < -0.3 is 9.15 Å². The summed E-state index contributed by atoms with van der Waals surface area (Å²) in [6.07, 6.45) is 0.620. The smallest absolute Gasteiger partial charge is 0.290 e. The van der Waals surface area contributed by atoms with Crippen LogP contribution in [0.5, 0.6) is 11.7 Å². The number of halogens is 1. The molecular weight excluding hydrogens is 216 g/mol.